The SMILES string of the molecule is Cc1cc(/C=N/NC(=S)NC[C@@H]2CCCO2)cc(C)c1O. The Kier molecular flexibility index (Phi) is 5.52. The highest BCUT2D eigenvalue weighted by Gasteiger charge is 2.14. The summed E-state index contributed by atoms with van der Waals surface area (Å²) in [5.74, 6) is 0.328. The fourth-order valence-electron chi connectivity index (χ4n) is 2.28. The van der Waals surface area contributed by atoms with E-state index in [1.165, 1.54) is 0 Å². The predicted molar refractivity (Wildman–Crippen MR) is 87.9 cm³/mol. The molecule has 0 radical (unpaired) electrons. The van der Waals surface area contributed by atoms with Crippen LogP contribution in [0.1, 0.15) is 29.5 Å². The Labute approximate surface area is 130 Å². The van der Waals surface area contributed by atoms with E-state index in [1.807, 2.05) is 26.0 Å². The second kappa shape index (κ2) is 7.38. The van der Waals surface area contributed by atoms with Crippen molar-refractivity contribution in [2.75, 3.05) is 13.2 Å². The van der Waals surface area contributed by atoms with Gasteiger partial charge in [-0.15, -0.1) is 0 Å². The van der Waals surface area contributed by atoms with Gasteiger partial charge in [0.1, 0.15) is 5.75 Å². The highest BCUT2D eigenvalue weighted by atomic mass is 32.1. The molecule has 6 heteroatoms. The van der Waals surface area contributed by atoms with Crippen LogP contribution in [0.2, 0.25) is 0 Å². The van der Waals surface area contributed by atoms with Crippen LogP contribution >= 0.6 is 12.2 Å². The standard InChI is InChI=1S/C15H21N3O2S/c1-10-6-12(7-11(2)14(10)19)8-17-18-15(21)16-9-13-4-3-5-20-13/h6-8,13,19H,3-5,9H2,1-2H3,(H2,16,18,21)/b17-8+/t13-/m0/s1. The first-order valence-corrected chi connectivity index (χ1v) is 7.46. The number of aromatic hydroxyl groups is 1. The molecular formula is C15H21N3O2S. The molecule has 1 aromatic carbocycles. The highest BCUT2D eigenvalue weighted by molar-refractivity contribution is 7.80. The van der Waals surface area contributed by atoms with Crippen molar-refractivity contribution in [2.24, 2.45) is 5.10 Å². The van der Waals surface area contributed by atoms with Crippen LogP contribution in [-0.2, 0) is 4.74 Å². The number of aryl methyl sites for hydroxylation is 2. The summed E-state index contributed by atoms with van der Waals surface area (Å²) in [5.41, 5.74) is 5.35. The topological polar surface area (TPSA) is 65.9 Å². The van der Waals surface area contributed by atoms with E-state index in [0.29, 0.717) is 17.4 Å². The van der Waals surface area contributed by atoms with E-state index in [2.05, 4.69) is 15.8 Å². The summed E-state index contributed by atoms with van der Waals surface area (Å²) < 4.78 is 5.50. The lowest BCUT2D eigenvalue weighted by Crippen LogP contribution is -2.37. The van der Waals surface area contributed by atoms with Crippen molar-refractivity contribution < 1.29 is 9.84 Å². The number of phenols is 1. The molecule has 114 valence electrons. The lowest BCUT2D eigenvalue weighted by atomic mass is 10.1. The summed E-state index contributed by atoms with van der Waals surface area (Å²) in [4.78, 5) is 0. The third-order valence-corrected chi connectivity index (χ3v) is 3.64. The number of ether oxygens (including phenoxy) is 1. The van der Waals surface area contributed by atoms with Crippen molar-refractivity contribution in [2.45, 2.75) is 32.8 Å². The lowest BCUT2D eigenvalue weighted by molar-refractivity contribution is 0.114. The van der Waals surface area contributed by atoms with Crippen molar-refractivity contribution in [3.63, 3.8) is 0 Å². The molecule has 1 aliphatic rings. The van der Waals surface area contributed by atoms with Crippen LogP contribution in [0.4, 0.5) is 0 Å². The van der Waals surface area contributed by atoms with Crippen LogP contribution in [0.3, 0.4) is 0 Å². The molecule has 5 nitrogen and oxygen atoms in total. The third-order valence-electron chi connectivity index (χ3n) is 3.41. The van der Waals surface area contributed by atoms with Crippen LogP contribution in [0.5, 0.6) is 5.75 Å². The van der Waals surface area contributed by atoms with Crippen molar-refractivity contribution in [3.8, 4) is 5.75 Å². The van der Waals surface area contributed by atoms with Gasteiger partial charge < -0.3 is 15.2 Å². The van der Waals surface area contributed by atoms with Crippen LogP contribution in [-0.4, -0.2) is 35.7 Å². The van der Waals surface area contributed by atoms with Gasteiger partial charge in [0.05, 0.1) is 12.3 Å². The Balaban J connectivity index is 1.80. The molecule has 1 atom stereocenters. The first kappa shape index (κ1) is 15.7. The average molecular weight is 307 g/mol. The molecule has 1 saturated heterocycles. The van der Waals surface area contributed by atoms with Crippen LogP contribution in [0, 0.1) is 13.8 Å². The largest absolute Gasteiger partial charge is 0.507 e. The van der Waals surface area contributed by atoms with E-state index < -0.39 is 0 Å². The number of hydrogen-bond donors (Lipinski definition) is 3. The van der Waals surface area contributed by atoms with Gasteiger partial charge in [-0.2, -0.15) is 5.10 Å². The van der Waals surface area contributed by atoms with Gasteiger partial charge in [0.25, 0.3) is 0 Å². The lowest BCUT2D eigenvalue weighted by Gasteiger charge is -2.11. The number of thiocarbonyl (C=S) groups is 1. The van der Waals surface area contributed by atoms with E-state index in [4.69, 9.17) is 17.0 Å². The fraction of sp³-hybridized carbons (Fsp3) is 0.467. The zero-order valence-electron chi connectivity index (χ0n) is 12.3. The molecule has 21 heavy (non-hydrogen) atoms. The Hall–Kier alpha value is -1.66. The number of nitrogens with one attached hydrogen (secondary N) is 2. The van der Waals surface area contributed by atoms with Gasteiger partial charge in [0.15, 0.2) is 5.11 Å². The average Bonchev–Trinajstić information content (AvgIpc) is 2.96. The molecule has 3 N–H and O–H groups in total. The van der Waals surface area contributed by atoms with Gasteiger partial charge >= 0.3 is 0 Å². The van der Waals surface area contributed by atoms with Gasteiger partial charge in [-0.3, -0.25) is 5.43 Å². The second-order valence-corrected chi connectivity index (χ2v) is 5.63. The fourth-order valence-corrected chi connectivity index (χ4v) is 2.42. The van der Waals surface area contributed by atoms with Crippen LogP contribution in [0.25, 0.3) is 0 Å². The first-order chi connectivity index (χ1) is 10.1. The molecule has 1 fully saturated rings. The molecule has 0 aliphatic carbocycles. The van der Waals surface area contributed by atoms with Gasteiger partial charge in [-0.25, -0.2) is 0 Å². The molecule has 0 amide bonds. The summed E-state index contributed by atoms with van der Waals surface area (Å²) in [6, 6.07) is 3.74. The predicted octanol–water partition coefficient (Wildman–Crippen LogP) is 1.99. The zero-order chi connectivity index (χ0) is 15.2. The molecule has 0 saturated carbocycles. The van der Waals surface area contributed by atoms with E-state index in [9.17, 15) is 5.11 Å². The van der Waals surface area contributed by atoms with E-state index in [0.717, 1.165) is 36.1 Å². The van der Waals surface area contributed by atoms with Gasteiger partial charge in [-0.05, 0) is 67.7 Å². The summed E-state index contributed by atoms with van der Waals surface area (Å²) in [6.07, 6.45) is 4.12. The minimum absolute atomic E-state index is 0.246. The third kappa shape index (κ3) is 4.68. The Bertz CT molecular complexity index is 517. The van der Waals surface area contributed by atoms with Crippen LogP contribution in [0.15, 0.2) is 17.2 Å². The van der Waals surface area contributed by atoms with Crippen molar-refractivity contribution >= 4 is 23.5 Å². The van der Waals surface area contributed by atoms with Crippen molar-refractivity contribution in [3.05, 3.63) is 28.8 Å². The molecule has 1 aromatic rings. The highest BCUT2D eigenvalue weighted by Crippen LogP contribution is 2.21. The maximum atomic E-state index is 9.72. The van der Waals surface area contributed by atoms with Gasteiger partial charge in [0, 0.05) is 13.2 Å². The van der Waals surface area contributed by atoms with Crippen LogP contribution < -0.4 is 10.7 Å². The molecule has 0 aromatic heterocycles. The van der Waals surface area contributed by atoms with E-state index in [1.54, 1.807) is 6.21 Å². The molecule has 0 bridgehead atoms. The second-order valence-electron chi connectivity index (χ2n) is 5.22. The van der Waals surface area contributed by atoms with Gasteiger partial charge in [0.2, 0.25) is 0 Å². The molecule has 0 unspecified atom stereocenters. The molecule has 1 heterocycles. The maximum absolute atomic E-state index is 9.72. The quantitative estimate of drug-likeness (QED) is 0.451. The van der Waals surface area contributed by atoms with E-state index in [-0.39, 0.29) is 6.10 Å². The van der Waals surface area contributed by atoms with E-state index >= 15 is 0 Å². The summed E-state index contributed by atoms with van der Waals surface area (Å²) >= 11 is 5.14. The summed E-state index contributed by atoms with van der Waals surface area (Å²) in [7, 11) is 0. The zero-order valence-corrected chi connectivity index (χ0v) is 13.2. The number of rotatable bonds is 4. The first-order valence-electron chi connectivity index (χ1n) is 7.05. The molecule has 0 spiro atoms. The molecule has 2 rings (SSSR count). The smallest absolute Gasteiger partial charge is 0.187 e. The maximum Gasteiger partial charge on any atom is 0.187 e. The van der Waals surface area contributed by atoms with Gasteiger partial charge in [-0.1, -0.05) is 0 Å². The Morgan fingerprint density at radius 2 is 2.19 bits per heavy atom. The molecular weight excluding hydrogens is 286 g/mol. The number of hydrogen-bond acceptors (Lipinski definition) is 4. The van der Waals surface area contributed by atoms with Crippen molar-refractivity contribution in [1.29, 1.82) is 0 Å². The number of hydrazone groups is 1. The summed E-state index contributed by atoms with van der Waals surface area (Å²) in [6.45, 7) is 5.27. The molecule has 1 aliphatic heterocycles. The monoisotopic (exact) mass is 307 g/mol. The minimum Gasteiger partial charge on any atom is -0.507 e. The Morgan fingerprint density at radius 3 is 2.81 bits per heavy atom. The number of phenolic OH excluding ortho intramolecular Hbond substituents is 1. The van der Waals surface area contributed by atoms with Crippen molar-refractivity contribution in [1.82, 2.24) is 10.7 Å². The summed E-state index contributed by atoms with van der Waals surface area (Å²) in [5, 5.41) is 17.4. The number of benzene rings is 1. The minimum atomic E-state index is 0.246. The normalized spacial score (nSPS) is 18.1. The number of nitrogens with zero attached hydrogens (tertiary/aromatic N) is 1. The Morgan fingerprint density at radius 1 is 1.48 bits per heavy atom.